The molecule has 0 aromatic rings. The van der Waals surface area contributed by atoms with Crippen molar-refractivity contribution in [3.8, 4) is 0 Å². The van der Waals surface area contributed by atoms with Gasteiger partial charge in [-0.1, -0.05) is 265 Å². The molecule has 1 unspecified atom stereocenters. The first kappa shape index (κ1) is 68.1. The standard InChI is InChI=1S/C66H110O6/c1-4-7-10-13-16-19-22-25-28-31-33-36-38-41-44-47-50-53-56-59-65(68)71-62-63(61-70-64(67)58-55-52-49-46-43-40-37-34-30-27-24-21-18-15-12-9-6-3)72-66(69)60-57-54-51-48-45-42-39-35-32-29-26-23-20-17-14-11-8-5-2/h7,10-11,14,16-17,19-20,23,25-30,32,35,39,63H,4-6,8-9,12-13,15,18,21-22,24,31,33-34,36-38,40-62H2,1-3H3/b10-7-,14-11-,19-16-,20-17-,26-23-,28-25-,30-27-,32-29-,39-35-. The minimum atomic E-state index is -0.799. The number of ether oxygens (including phenoxy) is 3. The SMILES string of the molecule is CC/C=C\C/C=C\C/C=C\CCCCCCCCCCCC(=O)OCC(COC(=O)CCCCCCCCC/C=C\CCCCCCCC)OC(=O)CCCCCCC\C=C/C=C\C=C/C=C\C=C/CCC. The Morgan fingerprint density at radius 2 is 0.625 bits per heavy atom. The maximum atomic E-state index is 12.9. The van der Waals surface area contributed by atoms with Crippen LogP contribution in [0.25, 0.3) is 0 Å². The largest absolute Gasteiger partial charge is 0.462 e. The summed E-state index contributed by atoms with van der Waals surface area (Å²) in [5, 5.41) is 0. The molecule has 0 spiro atoms. The fourth-order valence-corrected chi connectivity index (χ4v) is 8.13. The highest BCUT2D eigenvalue weighted by Gasteiger charge is 2.19. The van der Waals surface area contributed by atoms with Crippen LogP contribution >= 0.6 is 0 Å². The molecule has 0 heterocycles. The third-order valence-corrected chi connectivity index (χ3v) is 12.6. The Balaban J connectivity index is 4.46. The quantitative estimate of drug-likeness (QED) is 0.0199. The summed E-state index contributed by atoms with van der Waals surface area (Å²) < 4.78 is 16.9. The van der Waals surface area contributed by atoms with Crippen LogP contribution in [0.5, 0.6) is 0 Å². The van der Waals surface area contributed by atoms with E-state index in [1.807, 2.05) is 24.3 Å². The van der Waals surface area contributed by atoms with Crippen molar-refractivity contribution in [1.29, 1.82) is 0 Å². The van der Waals surface area contributed by atoms with E-state index in [1.165, 1.54) is 128 Å². The van der Waals surface area contributed by atoms with Gasteiger partial charge in [0, 0.05) is 19.3 Å². The predicted octanol–water partition coefficient (Wildman–Crippen LogP) is 20.3. The van der Waals surface area contributed by atoms with Gasteiger partial charge in [-0.3, -0.25) is 14.4 Å². The molecule has 0 saturated carbocycles. The fraction of sp³-hybridized carbons (Fsp3) is 0.682. The molecule has 0 fully saturated rings. The van der Waals surface area contributed by atoms with Gasteiger partial charge in [-0.2, -0.15) is 0 Å². The van der Waals surface area contributed by atoms with Crippen molar-refractivity contribution in [2.24, 2.45) is 0 Å². The number of carbonyl (C=O) groups is 3. The summed E-state index contributed by atoms with van der Waals surface area (Å²) in [4.78, 5) is 38.3. The molecule has 1 atom stereocenters. The highest BCUT2D eigenvalue weighted by molar-refractivity contribution is 5.71. The van der Waals surface area contributed by atoms with Crippen LogP contribution in [0.2, 0.25) is 0 Å². The lowest BCUT2D eigenvalue weighted by Crippen LogP contribution is -2.30. The molecule has 0 aromatic heterocycles. The smallest absolute Gasteiger partial charge is 0.306 e. The lowest BCUT2D eigenvalue weighted by atomic mass is 10.1. The zero-order valence-electron chi connectivity index (χ0n) is 46.9. The van der Waals surface area contributed by atoms with Crippen LogP contribution in [0.3, 0.4) is 0 Å². The van der Waals surface area contributed by atoms with Crippen LogP contribution in [-0.2, 0) is 28.6 Å². The Morgan fingerprint density at radius 3 is 1.04 bits per heavy atom. The van der Waals surface area contributed by atoms with Crippen LogP contribution < -0.4 is 0 Å². The van der Waals surface area contributed by atoms with Gasteiger partial charge in [0.1, 0.15) is 13.2 Å². The summed E-state index contributed by atoms with van der Waals surface area (Å²) in [6, 6.07) is 0. The molecule has 410 valence electrons. The highest BCUT2D eigenvalue weighted by Crippen LogP contribution is 2.15. The Morgan fingerprint density at radius 1 is 0.306 bits per heavy atom. The fourth-order valence-electron chi connectivity index (χ4n) is 8.13. The van der Waals surface area contributed by atoms with Crippen molar-refractivity contribution in [1.82, 2.24) is 0 Å². The zero-order chi connectivity index (χ0) is 52.2. The number of unbranched alkanes of at least 4 members (excludes halogenated alkanes) is 28. The van der Waals surface area contributed by atoms with Gasteiger partial charge in [0.15, 0.2) is 6.10 Å². The van der Waals surface area contributed by atoms with Gasteiger partial charge in [-0.25, -0.2) is 0 Å². The number of hydrogen-bond donors (Lipinski definition) is 0. The minimum Gasteiger partial charge on any atom is -0.462 e. The highest BCUT2D eigenvalue weighted by atomic mass is 16.6. The van der Waals surface area contributed by atoms with Gasteiger partial charge in [-0.15, -0.1) is 0 Å². The predicted molar refractivity (Wildman–Crippen MR) is 311 cm³/mol. The van der Waals surface area contributed by atoms with E-state index in [0.717, 1.165) is 103 Å². The molecule has 0 aliphatic rings. The molecular formula is C66H110O6. The van der Waals surface area contributed by atoms with E-state index in [-0.39, 0.29) is 31.1 Å². The molecule has 72 heavy (non-hydrogen) atoms. The third-order valence-electron chi connectivity index (χ3n) is 12.6. The maximum absolute atomic E-state index is 12.9. The lowest BCUT2D eigenvalue weighted by Gasteiger charge is -2.18. The van der Waals surface area contributed by atoms with Gasteiger partial charge < -0.3 is 14.2 Å². The molecule has 0 aromatic carbocycles. The van der Waals surface area contributed by atoms with Crippen LogP contribution in [-0.4, -0.2) is 37.2 Å². The van der Waals surface area contributed by atoms with Crippen molar-refractivity contribution >= 4 is 17.9 Å². The average Bonchev–Trinajstić information content (AvgIpc) is 3.38. The van der Waals surface area contributed by atoms with Crippen LogP contribution in [0.1, 0.15) is 271 Å². The molecule has 0 aliphatic heterocycles. The Bertz CT molecular complexity index is 1470. The van der Waals surface area contributed by atoms with Crippen molar-refractivity contribution in [3.05, 3.63) is 109 Å². The van der Waals surface area contributed by atoms with E-state index >= 15 is 0 Å². The molecule has 0 saturated heterocycles. The molecule has 6 nitrogen and oxygen atoms in total. The molecule has 0 aliphatic carbocycles. The van der Waals surface area contributed by atoms with Crippen LogP contribution in [0.4, 0.5) is 0 Å². The van der Waals surface area contributed by atoms with E-state index in [1.54, 1.807) is 0 Å². The third kappa shape index (κ3) is 57.0. The molecule has 0 bridgehead atoms. The number of hydrogen-bond acceptors (Lipinski definition) is 6. The topological polar surface area (TPSA) is 78.9 Å². The second-order valence-corrected chi connectivity index (χ2v) is 19.6. The second-order valence-electron chi connectivity index (χ2n) is 19.6. The van der Waals surface area contributed by atoms with Crippen LogP contribution in [0, 0.1) is 0 Å². The van der Waals surface area contributed by atoms with E-state index in [4.69, 9.17) is 14.2 Å². The second kappa shape index (κ2) is 59.6. The average molecular weight is 1000 g/mol. The monoisotopic (exact) mass is 999 g/mol. The molecular weight excluding hydrogens is 889 g/mol. The van der Waals surface area contributed by atoms with E-state index < -0.39 is 6.10 Å². The maximum Gasteiger partial charge on any atom is 0.306 e. The van der Waals surface area contributed by atoms with E-state index in [9.17, 15) is 14.4 Å². The Labute approximate surface area is 444 Å². The first-order chi connectivity index (χ1) is 35.5. The van der Waals surface area contributed by atoms with E-state index in [2.05, 4.69) is 106 Å². The summed E-state index contributed by atoms with van der Waals surface area (Å²) in [6.45, 7) is 6.42. The first-order valence-electron chi connectivity index (χ1n) is 30.0. The van der Waals surface area contributed by atoms with Gasteiger partial charge in [0.25, 0.3) is 0 Å². The summed E-state index contributed by atoms with van der Waals surface area (Å²) in [7, 11) is 0. The Kier molecular flexibility index (Phi) is 56.4. The summed E-state index contributed by atoms with van der Waals surface area (Å²) >= 11 is 0. The number of carbonyl (C=O) groups excluding carboxylic acids is 3. The molecule has 0 N–H and O–H groups in total. The Hall–Kier alpha value is -3.93. The van der Waals surface area contributed by atoms with Gasteiger partial charge >= 0.3 is 17.9 Å². The summed E-state index contributed by atoms with van der Waals surface area (Å²) in [5.74, 6) is -0.924. The van der Waals surface area contributed by atoms with Crippen molar-refractivity contribution in [2.45, 2.75) is 277 Å². The molecule has 0 amide bonds. The minimum absolute atomic E-state index is 0.0935. The van der Waals surface area contributed by atoms with Crippen molar-refractivity contribution < 1.29 is 28.6 Å². The summed E-state index contributed by atoms with van der Waals surface area (Å²) in [6.07, 6.45) is 80.7. The molecule has 0 radical (unpaired) electrons. The van der Waals surface area contributed by atoms with Crippen molar-refractivity contribution in [3.63, 3.8) is 0 Å². The number of rotatable bonds is 53. The first-order valence-corrected chi connectivity index (χ1v) is 30.0. The van der Waals surface area contributed by atoms with Gasteiger partial charge in [0.05, 0.1) is 0 Å². The normalized spacial score (nSPS) is 12.9. The number of esters is 3. The van der Waals surface area contributed by atoms with Gasteiger partial charge in [0.2, 0.25) is 0 Å². The zero-order valence-corrected chi connectivity index (χ0v) is 46.9. The lowest BCUT2D eigenvalue weighted by molar-refractivity contribution is -0.167. The molecule has 0 rings (SSSR count). The number of allylic oxidation sites excluding steroid dienone is 18. The van der Waals surface area contributed by atoms with Crippen molar-refractivity contribution in [2.75, 3.05) is 13.2 Å². The van der Waals surface area contributed by atoms with E-state index in [0.29, 0.717) is 19.3 Å². The van der Waals surface area contributed by atoms with Gasteiger partial charge in [-0.05, 0) is 96.3 Å². The summed E-state index contributed by atoms with van der Waals surface area (Å²) in [5.41, 5.74) is 0. The molecule has 6 heteroatoms. The van der Waals surface area contributed by atoms with Crippen LogP contribution in [0.15, 0.2) is 109 Å².